The summed E-state index contributed by atoms with van der Waals surface area (Å²) < 4.78 is 16.3. The van der Waals surface area contributed by atoms with Crippen LogP contribution in [0.25, 0.3) is 0 Å². The smallest absolute Gasteiger partial charge is 0.224 e. The lowest BCUT2D eigenvalue weighted by Crippen LogP contribution is -2.31. The molecule has 8 nitrogen and oxygen atoms in total. The number of methoxy groups -OCH3 is 2. The van der Waals surface area contributed by atoms with Gasteiger partial charge in [-0.1, -0.05) is 6.07 Å². The number of rotatable bonds is 9. The minimum atomic E-state index is -0.0845. The number of ether oxygens (including phenoxy) is 3. The molecule has 30 heavy (non-hydrogen) atoms. The van der Waals surface area contributed by atoms with Crippen molar-refractivity contribution in [1.29, 1.82) is 0 Å². The van der Waals surface area contributed by atoms with Crippen molar-refractivity contribution >= 4 is 11.7 Å². The highest BCUT2D eigenvalue weighted by molar-refractivity contribution is 5.78. The highest BCUT2D eigenvalue weighted by Gasteiger charge is 2.14. The number of nitrogens with one attached hydrogen (secondary N) is 1. The van der Waals surface area contributed by atoms with Gasteiger partial charge in [0.2, 0.25) is 11.8 Å². The molecule has 0 bridgehead atoms. The predicted molar refractivity (Wildman–Crippen MR) is 115 cm³/mol. The molecule has 1 aliphatic heterocycles. The molecule has 0 aliphatic carbocycles. The average molecular weight is 415 g/mol. The largest absolute Gasteiger partial charge is 0.493 e. The molecule has 1 aromatic carbocycles. The molecule has 0 spiro atoms. The molecule has 1 fully saturated rings. The number of nitrogens with zero attached hydrogens (tertiary/aromatic N) is 3. The summed E-state index contributed by atoms with van der Waals surface area (Å²) in [5.74, 6) is 3.30. The molecule has 1 aliphatic rings. The van der Waals surface area contributed by atoms with Crippen molar-refractivity contribution in [1.82, 2.24) is 15.3 Å². The van der Waals surface area contributed by atoms with Crippen LogP contribution in [-0.2, 0) is 11.2 Å². The van der Waals surface area contributed by atoms with Gasteiger partial charge in [0.15, 0.2) is 11.5 Å². The normalized spacial score (nSPS) is 13.6. The molecule has 1 aromatic heterocycles. The summed E-state index contributed by atoms with van der Waals surface area (Å²) in [6, 6.07) is 7.33. The van der Waals surface area contributed by atoms with Gasteiger partial charge in [0.05, 0.1) is 27.2 Å². The maximum Gasteiger partial charge on any atom is 0.224 e. The monoisotopic (exact) mass is 414 g/mol. The first kappa shape index (κ1) is 21.7. The molecule has 162 valence electrons. The molecule has 8 heteroatoms. The number of carbonyl (C=O) groups excluding carboxylic acids is 1. The lowest BCUT2D eigenvalue weighted by atomic mass is 10.1. The SMILES string of the molecule is COc1ccc(CC(=O)NCCOc2cc(N3CCCCC3)nc(C)n2)cc1OC. The van der Waals surface area contributed by atoms with Crippen LogP contribution in [-0.4, -0.2) is 56.3 Å². The summed E-state index contributed by atoms with van der Waals surface area (Å²) in [4.78, 5) is 23.4. The zero-order chi connectivity index (χ0) is 21.3. The van der Waals surface area contributed by atoms with Gasteiger partial charge in [0.1, 0.15) is 18.2 Å². The maximum atomic E-state index is 12.2. The van der Waals surface area contributed by atoms with Crippen LogP contribution in [0.3, 0.4) is 0 Å². The Hall–Kier alpha value is -3.03. The molecule has 2 heterocycles. The fourth-order valence-corrected chi connectivity index (χ4v) is 3.47. The van der Waals surface area contributed by atoms with Crippen LogP contribution in [0.2, 0.25) is 0 Å². The van der Waals surface area contributed by atoms with E-state index in [-0.39, 0.29) is 12.3 Å². The summed E-state index contributed by atoms with van der Waals surface area (Å²) in [5, 5.41) is 2.87. The number of piperidine rings is 1. The van der Waals surface area contributed by atoms with E-state index in [1.807, 2.05) is 19.1 Å². The summed E-state index contributed by atoms with van der Waals surface area (Å²) in [6.45, 7) is 4.64. The topological polar surface area (TPSA) is 85.8 Å². The van der Waals surface area contributed by atoms with Gasteiger partial charge in [0, 0.05) is 19.2 Å². The molecule has 1 saturated heterocycles. The van der Waals surface area contributed by atoms with Crippen molar-refractivity contribution in [3.63, 3.8) is 0 Å². The molecular formula is C22H30N4O4. The number of hydrogen-bond acceptors (Lipinski definition) is 7. The van der Waals surface area contributed by atoms with Crippen molar-refractivity contribution in [2.75, 3.05) is 45.4 Å². The van der Waals surface area contributed by atoms with Crippen molar-refractivity contribution in [3.05, 3.63) is 35.7 Å². The van der Waals surface area contributed by atoms with Crippen molar-refractivity contribution < 1.29 is 19.0 Å². The Morgan fingerprint density at radius 2 is 1.83 bits per heavy atom. The Kier molecular flexibility index (Phi) is 7.70. The molecular weight excluding hydrogens is 384 g/mol. The third-order valence-electron chi connectivity index (χ3n) is 4.97. The Bertz CT molecular complexity index is 853. The number of aryl methyl sites for hydroxylation is 1. The minimum absolute atomic E-state index is 0.0845. The Labute approximate surface area is 177 Å². The molecule has 1 N–H and O–H groups in total. The summed E-state index contributed by atoms with van der Waals surface area (Å²) in [7, 11) is 3.16. The zero-order valence-corrected chi connectivity index (χ0v) is 17.9. The first-order valence-electron chi connectivity index (χ1n) is 10.3. The van der Waals surface area contributed by atoms with Gasteiger partial charge in [-0.05, 0) is 43.9 Å². The number of anilines is 1. The molecule has 0 atom stereocenters. The maximum absolute atomic E-state index is 12.2. The van der Waals surface area contributed by atoms with Crippen LogP contribution < -0.4 is 24.4 Å². The van der Waals surface area contributed by atoms with E-state index >= 15 is 0 Å². The number of aromatic nitrogens is 2. The van der Waals surface area contributed by atoms with Crippen LogP contribution in [0.5, 0.6) is 17.4 Å². The van der Waals surface area contributed by atoms with E-state index in [2.05, 4.69) is 20.2 Å². The predicted octanol–water partition coefficient (Wildman–Crippen LogP) is 2.53. The van der Waals surface area contributed by atoms with E-state index in [9.17, 15) is 4.79 Å². The Morgan fingerprint density at radius 1 is 1.07 bits per heavy atom. The van der Waals surface area contributed by atoms with Gasteiger partial charge in [0.25, 0.3) is 0 Å². The van der Waals surface area contributed by atoms with Crippen LogP contribution in [0, 0.1) is 6.92 Å². The van der Waals surface area contributed by atoms with Gasteiger partial charge in [-0.2, -0.15) is 4.98 Å². The van der Waals surface area contributed by atoms with Crippen LogP contribution in [0.4, 0.5) is 5.82 Å². The molecule has 1 amide bonds. The van der Waals surface area contributed by atoms with E-state index in [0.29, 0.717) is 36.4 Å². The second kappa shape index (κ2) is 10.7. The lowest BCUT2D eigenvalue weighted by molar-refractivity contribution is -0.120. The third kappa shape index (κ3) is 5.98. The first-order valence-corrected chi connectivity index (χ1v) is 10.3. The Morgan fingerprint density at radius 3 is 2.57 bits per heavy atom. The summed E-state index contributed by atoms with van der Waals surface area (Å²) in [6.07, 6.45) is 3.90. The second-order valence-electron chi connectivity index (χ2n) is 7.22. The van der Waals surface area contributed by atoms with E-state index < -0.39 is 0 Å². The third-order valence-corrected chi connectivity index (χ3v) is 4.97. The van der Waals surface area contributed by atoms with E-state index in [0.717, 1.165) is 24.5 Å². The quantitative estimate of drug-likeness (QED) is 0.631. The van der Waals surface area contributed by atoms with Gasteiger partial charge in [-0.15, -0.1) is 0 Å². The highest BCUT2D eigenvalue weighted by atomic mass is 16.5. The zero-order valence-electron chi connectivity index (χ0n) is 17.9. The van der Waals surface area contributed by atoms with Gasteiger partial charge in [-0.25, -0.2) is 4.98 Å². The summed E-state index contributed by atoms with van der Waals surface area (Å²) >= 11 is 0. The van der Waals surface area contributed by atoms with Crippen LogP contribution >= 0.6 is 0 Å². The molecule has 0 unspecified atom stereocenters. The number of benzene rings is 1. The Balaban J connectivity index is 1.46. The van der Waals surface area contributed by atoms with E-state index in [4.69, 9.17) is 14.2 Å². The lowest BCUT2D eigenvalue weighted by Gasteiger charge is -2.28. The number of hydrogen-bond donors (Lipinski definition) is 1. The first-order chi connectivity index (χ1) is 14.6. The molecule has 0 saturated carbocycles. The van der Waals surface area contributed by atoms with Crippen LogP contribution in [0.1, 0.15) is 30.7 Å². The number of carbonyl (C=O) groups is 1. The van der Waals surface area contributed by atoms with Crippen molar-refractivity contribution in [3.8, 4) is 17.4 Å². The van der Waals surface area contributed by atoms with Crippen molar-refractivity contribution in [2.24, 2.45) is 0 Å². The molecule has 0 radical (unpaired) electrons. The van der Waals surface area contributed by atoms with Gasteiger partial charge >= 0.3 is 0 Å². The standard InChI is InChI=1S/C22H30N4O4/c1-16-24-20(26-10-5-4-6-11-26)15-22(25-16)30-12-9-23-21(27)14-17-7-8-18(28-2)19(13-17)29-3/h7-8,13,15H,4-6,9-12,14H2,1-3H3,(H,23,27). The van der Waals surface area contributed by atoms with Crippen molar-refractivity contribution in [2.45, 2.75) is 32.6 Å². The van der Waals surface area contributed by atoms with E-state index in [1.165, 1.54) is 19.3 Å². The fourth-order valence-electron chi connectivity index (χ4n) is 3.47. The average Bonchev–Trinajstić information content (AvgIpc) is 2.77. The molecule has 3 rings (SSSR count). The summed E-state index contributed by atoms with van der Waals surface area (Å²) in [5.41, 5.74) is 0.851. The molecule has 2 aromatic rings. The van der Waals surface area contributed by atoms with Crippen LogP contribution in [0.15, 0.2) is 24.3 Å². The number of amides is 1. The van der Waals surface area contributed by atoms with Gasteiger partial charge in [-0.3, -0.25) is 4.79 Å². The highest BCUT2D eigenvalue weighted by Crippen LogP contribution is 2.27. The van der Waals surface area contributed by atoms with E-state index in [1.54, 1.807) is 26.4 Å². The van der Waals surface area contributed by atoms with Gasteiger partial charge < -0.3 is 24.4 Å². The minimum Gasteiger partial charge on any atom is -0.493 e. The second-order valence-corrected chi connectivity index (χ2v) is 7.22. The fraction of sp³-hybridized carbons (Fsp3) is 0.500.